The molecule has 4 heteroatoms. The SMILES string of the molecule is CCN1C(=O)C(C)Oc2ccc(C=O)cc21. The predicted molar refractivity (Wildman–Crippen MR) is 59.9 cm³/mol. The predicted octanol–water partition coefficient (Wildman–Crippen LogP) is 1.63. The lowest BCUT2D eigenvalue weighted by atomic mass is 10.1. The second kappa shape index (κ2) is 3.96. The topological polar surface area (TPSA) is 46.6 Å². The molecule has 0 aromatic heterocycles. The molecule has 0 fully saturated rings. The molecular weight excluding hydrogens is 206 g/mol. The summed E-state index contributed by atoms with van der Waals surface area (Å²) in [4.78, 5) is 24.2. The molecule has 0 radical (unpaired) electrons. The summed E-state index contributed by atoms with van der Waals surface area (Å²) >= 11 is 0. The zero-order valence-electron chi connectivity index (χ0n) is 9.27. The number of rotatable bonds is 2. The van der Waals surface area contributed by atoms with Gasteiger partial charge in [0.15, 0.2) is 6.10 Å². The van der Waals surface area contributed by atoms with Gasteiger partial charge in [0.05, 0.1) is 5.69 Å². The summed E-state index contributed by atoms with van der Waals surface area (Å²) in [5, 5.41) is 0. The van der Waals surface area contributed by atoms with E-state index in [4.69, 9.17) is 4.74 Å². The van der Waals surface area contributed by atoms with Crippen molar-refractivity contribution in [2.45, 2.75) is 20.0 Å². The Labute approximate surface area is 93.8 Å². The van der Waals surface area contributed by atoms with E-state index < -0.39 is 6.10 Å². The number of nitrogens with zero attached hydrogens (tertiary/aromatic N) is 1. The normalized spacial score (nSPS) is 19.0. The van der Waals surface area contributed by atoms with Crippen molar-refractivity contribution in [2.75, 3.05) is 11.4 Å². The molecule has 1 aromatic rings. The Morgan fingerprint density at radius 1 is 1.50 bits per heavy atom. The third kappa shape index (κ3) is 1.56. The minimum Gasteiger partial charge on any atom is -0.479 e. The number of amides is 1. The molecule has 0 bridgehead atoms. The van der Waals surface area contributed by atoms with Crippen molar-refractivity contribution in [3.63, 3.8) is 0 Å². The minimum atomic E-state index is -0.463. The molecule has 1 heterocycles. The third-order valence-electron chi connectivity index (χ3n) is 2.64. The first-order valence-electron chi connectivity index (χ1n) is 5.24. The van der Waals surface area contributed by atoms with Crippen LogP contribution in [-0.4, -0.2) is 24.8 Å². The first-order valence-corrected chi connectivity index (χ1v) is 5.24. The highest BCUT2D eigenvalue weighted by atomic mass is 16.5. The van der Waals surface area contributed by atoms with E-state index in [0.29, 0.717) is 23.5 Å². The largest absolute Gasteiger partial charge is 0.479 e. The Balaban J connectivity index is 2.51. The molecule has 84 valence electrons. The van der Waals surface area contributed by atoms with Crippen LogP contribution in [0.15, 0.2) is 18.2 Å². The molecule has 0 spiro atoms. The Bertz CT molecular complexity index is 442. The molecular formula is C12H13NO3. The van der Waals surface area contributed by atoms with E-state index in [-0.39, 0.29) is 5.91 Å². The number of likely N-dealkylation sites (N-methyl/N-ethyl adjacent to an activating group) is 1. The second-order valence-electron chi connectivity index (χ2n) is 3.69. The zero-order valence-corrected chi connectivity index (χ0v) is 9.27. The highest BCUT2D eigenvalue weighted by molar-refractivity contribution is 6.00. The Morgan fingerprint density at radius 2 is 2.25 bits per heavy atom. The minimum absolute atomic E-state index is 0.0713. The maximum absolute atomic E-state index is 11.8. The number of hydrogen-bond donors (Lipinski definition) is 0. The first-order chi connectivity index (χ1) is 7.67. The quantitative estimate of drug-likeness (QED) is 0.710. The standard InChI is InChI=1S/C12H13NO3/c1-3-13-10-6-9(7-14)4-5-11(10)16-8(2)12(13)15/h4-8H,3H2,1-2H3. The van der Waals surface area contributed by atoms with Gasteiger partial charge in [-0.15, -0.1) is 0 Å². The number of benzene rings is 1. The molecule has 16 heavy (non-hydrogen) atoms. The fourth-order valence-corrected chi connectivity index (χ4v) is 1.82. The zero-order chi connectivity index (χ0) is 11.7. The lowest BCUT2D eigenvalue weighted by Gasteiger charge is -2.32. The molecule has 1 amide bonds. The molecule has 1 aliphatic rings. The van der Waals surface area contributed by atoms with Crippen molar-refractivity contribution in [2.24, 2.45) is 0 Å². The average molecular weight is 219 g/mol. The van der Waals surface area contributed by atoms with E-state index in [1.807, 2.05) is 6.92 Å². The molecule has 0 saturated carbocycles. The molecule has 0 saturated heterocycles. The Kier molecular flexibility index (Phi) is 2.64. The van der Waals surface area contributed by atoms with Crippen molar-refractivity contribution in [3.05, 3.63) is 23.8 Å². The number of carbonyl (C=O) groups excluding carboxylic acids is 2. The summed E-state index contributed by atoms with van der Waals surface area (Å²) in [6.07, 6.45) is 0.297. The highest BCUT2D eigenvalue weighted by Gasteiger charge is 2.30. The average Bonchev–Trinajstić information content (AvgIpc) is 2.30. The van der Waals surface area contributed by atoms with Crippen molar-refractivity contribution in [1.29, 1.82) is 0 Å². The van der Waals surface area contributed by atoms with Crippen molar-refractivity contribution < 1.29 is 14.3 Å². The number of anilines is 1. The van der Waals surface area contributed by atoms with E-state index in [2.05, 4.69) is 0 Å². The van der Waals surface area contributed by atoms with Crippen LogP contribution in [0.3, 0.4) is 0 Å². The van der Waals surface area contributed by atoms with E-state index in [0.717, 1.165) is 6.29 Å². The summed E-state index contributed by atoms with van der Waals surface area (Å²) in [5.41, 5.74) is 1.22. The van der Waals surface area contributed by atoms with E-state index >= 15 is 0 Å². The summed E-state index contributed by atoms with van der Waals surface area (Å²) in [6, 6.07) is 5.09. The number of hydrogen-bond acceptors (Lipinski definition) is 3. The van der Waals surface area contributed by atoms with Crippen molar-refractivity contribution >= 4 is 17.9 Å². The van der Waals surface area contributed by atoms with Gasteiger partial charge in [-0.25, -0.2) is 0 Å². The molecule has 1 atom stereocenters. The lowest BCUT2D eigenvalue weighted by molar-refractivity contribution is -0.125. The van der Waals surface area contributed by atoms with Gasteiger partial charge >= 0.3 is 0 Å². The van der Waals surface area contributed by atoms with Gasteiger partial charge in [0.25, 0.3) is 5.91 Å². The van der Waals surface area contributed by atoms with Gasteiger partial charge in [-0.1, -0.05) is 0 Å². The van der Waals surface area contributed by atoms with Crippen LogP contribution in [0.5, 0.6) is 5.75 Å². The fraction of sp³-hybridized carbons (Fsp3) is 0.333. The fourth-order valence-electron chi connectivity index (χ4n) is 1.82. The lowest BCUT2D eigenvalue weighted by Crippen LogP contribution is -2.44. The van der Waals surface area contributed by atoms with Gasteiger partial charge in [-0.3, -0.25) is 9.59 Å². The van der Waals surface area contributed by atoms with Crippen LogP contribution in [0, 0.1) is 0 Å². The highest BCUT2D eigenvalue weighted by Crippen LogP contribution is 2.34. The summed E-state index contributed by atoms with van der Waals surface area (Å²) in [6.45, 7) is 4.19. The molecule has 1 unspecified atom stereocenters. The van der Waals surface area contributed by atoms with Crippen molar-refractivity contribution in [1.82, 2.24) is 0 Å². The van der Waals surface area contributed by atoms with Gasteiger partial charge < -0.3 is 9.64 Å². The van der Waals surface area contributed by atoms with E-state index in [9.17, 15) is 9.59 Å². The summed E-state index contributed by atoms with van der Waals surface area (Å²) in [5.74, 6) is 0.581. The Hall–Kier alpha value is -1.84. The second-order valence-corrected chi connectivity index (χ2v) is 3.69. The van der Waals surface area contributed by atoms with Crippen LogP contribution in [0.1, 0.15) is 24.2 Å². The first kappa shape index (κ1) is 10.7. The van der Waals surface area contributed by atoms with Gasteiger partial charge in [0, 0.05) is 12.1 Å². The number of ether oxygens (including phenoxy) is 1. The van der Waals surface area contributed by atoms with E-state index in [1.165, 1.54) is 0 Å². The van der Waals surface area contributed by atoms with Gasteiger partial charge in [-0.2, -0.15) is 0 Å². The van der Waals surface area contributed by atoms with Crippen LogP contribution >= 0.6 is 0 Å². The van der Waals surface area contributed by atoms with Crippen LogP contribution in [0.4, 0.5) is 5.69 Å². The molecule has 0 N–H and O–H groups in total. The maximum Gasteiger partial charge on any atom is 0.267 e. The summed E-state index contributed by atoms with van der Waals surface area (Å²) in [7, 11) is 0. The van der Waals surface area contributed by atoms with Crippen LogP contribution in [0.25, 0.3) is 0 Å². The third-order valence-corrected chi connectivity index (χ3v) is 2.64. The molecule has 0 aliphatic carbocycles. The molecule has 1 aromatic carbocycles. The number of aldehydes is 1. The van der Waals surface area contributed by atoms with Crippen molar-refractivity contribution in [3.8, 4) is 5.75 Å². The van der Waals surface area contributed by atoms with Crippen LogP contribution < -0.4 is 9.64 Å². The van der Waals surface area contributed by atoms with Gasteiger partial charge in [0.1, 0.15) is 12.0 Å². The molecule has 2 rings (SSSR count). The summed E-state index contributed by atoms with van der Waals surface area (Å²) < 4.78 is 5.47. The monoisotopic (exact) mass is 219 g/mol. The maximum atomic E-state index is 11.8. The smallest absolute Gasteiger partial charge is 0.267 e. The molecule has 1 aliphatic heterocycles. The van der Waals surface area contributed by atoms with Crippen LogP contribution in [-0.2, 0) is 4.79 Å². The molecule has 4 nitrogen and oxygen atoms in total. The Morgan fingerprint density at radius 3 is 2.88 bits per heavy atom. The number of carbonyl (C=O) groups is 2. The van der Waals surface area contributed by atoms with Gasteiger partial charge in [-0.05, 0) is 32.0 Å². The van der Waals surface area contributed by atoms with Gasteiger partial charge in [0.2, 0.25) is 0 Å². The van der Waals surface area contributed by atoms with Crippen LogP contribution in [0.2, 0.25) is 0 Å². The number of fused-ring (bicyclic) bond motifs is 1. The van der Waals surface area contributed by atoms with E-state index in [1.54, 1.807) is 30.0 Å².